The number of hydrogen-bond acceptors (Lipinski definition) is 4. The van der Waals surface area contributed by atoms with Crippen LogP contribution in [0, 0.1) is 0 Å². The molecule has 3 rings (SSSR count). The lowest BCUT2D eigenvalue weighted by atomic mass is 10.1. The topological polar surface area (TPSA) is 51.7 Å². The Morgan fingerprint density at radius 2 is 1.87 bits per heavy atom. The second kappa shape index (κ2) is 6.69. The van der Waals surface area contributed by atoms with Gasteiger partial charge in [0.2, 0.25) is 12.7 Å². The molecule has 5 nitrogen and oxygen atoms in total. The van der Waals surface area contributed by atoms with E-state index in [-0.39, 0.29) is 18.7 Å². The van der Waals surface area contributed by atoms with E-state index in [2.05, 4.69) is 4.98 Å². The van der Waals surface area contributed by atoms with Gasteiger partial charge in [-0.15, -0.1) is 0 Å². The van der Waals surface area contributed by atoms with Crippen LogP contribution in [0.3, 0.4) is 0 Å². The van der Waals surface area contributed by atoms with Crippen molar-refractivity contribution < 1.29 is 14.3 Å². The maximum absolute atomic E-state index is 12.7. The molecule has 1 aromatic carbocycles. The van der Waals surface area contributed by atoms with E-state index in [1.165, 1.54) is 0 Å². The Bertz CT molecular complexity index is 686. The third-order valence-corrected chi connectivity index (χ3v) is 3.84. The van der Waals surface area contributed by atoms with Gasteiger partial charge in [0.05, 0.1) is 6.42 Å². The summed E-state index contributed by atoms with van der Waals surface area (Å²) in [5.41, 5.74) is 2.01. The number of rotatable bonds is 5. The molecule has 120 valence electrons. The average Bonchev–Trinajstić information content (AvgIpc) is 3.01. The molecule has 0 saturated heterocycles. The molecule has 23 heavy (non-hydrogen) atoms. The molecule has 1 aliphatic heterocycles. The third-order valence-electron chi connectivity index (χ3n) is 3.84. The highest BCUT2D eigenvalue weighted by Gasteiger charge is 2.19. The third kappa shape index (κ3) is 3.62. The summed E-state index contributed by atoms with van der Waals surface area (Å²) in [6.45, 7) is 4.88. The highest BCUT2D eigenvalue weighted by Crippen LogP contribution is 2.32. The van der Waals surface area contributed by atoms with Crippen LogP contribution < -0.4 is 9.47 Å². The Morgan fingerprint density at radius 1 is 1.13 bits per heavy atom. The number of ether oxygens (including phenoxy) is 2. The van der Waals surface area contributed by atoms with Crippen LogP contribution in [-0.2, 0) is 17.8 Å². The monoisotopic (exact) mass is 312 g/mol. The first-order valence-electron chi connectivity index (χ1n) is 7.70. The van der Waals surface area contributed by atoms with Crippen LogP contribution in [0.5, 0.6) is 11.5 Å². The molecule has 2 heterocycles. The van der Waals surface area contributed by atoms with Crippen molar-refractivity contribution in [2.75, 3.05) is 6.79 Å². The van der Waals surface area contributed by atoms with Gasteiger partial charge >= 0.3 is 0 Å². The van der Waals surface area contributed by atoms with Crippen LogP contribution in [0.25, 0.3) is 0 Å². The highest BCUT2D eigenvalue weighted by atomic mass is 16.7. The fourth-order valence-electron chi connectivity index (χ4n) is 2.57. The van der Waals surface area contributed by atoms with Gasteiger partial charge in [0.25, 0.3) is 0 Å². The predicted octanol–water partition coefficient (Wildman–Crippen LogP) is 2.79. The van der Waals surface area contributed by atoms with Gasteiger partial charge < -0.3 is 14.4 Å². The van der Waals surface area contributed by atoms with Gasteiger partial charge in [0.15, 0.2) is 11.5 Å². The zero-order valence-electron chi connectivity index (χ0n) is 13.4. The van der Waals surface area contributed by atoms with Gasteiger partial charge in [-0.2, -0.15) is 0 Å². The Labute approximate surface area is 135 Å². The zero-order valence-corrected chi connectivity index (χ0v) is 13.4. The highest BCUT2D eigenvalue weighted by molar-refractivity contribution is 5.79. The van der Waals surface area contributed by atoms with Gasteiger partial charge in [-0.1, -0.05) is 6.07 Å². The minimum absolute atomic E-state index is 0.0932. The van der Waals surface area contributed by atoms with Crippen LogP contribution in [0.15, 0.2) is 42.7 Å². The molecular formula is C18H20N2O3. The Hall–Kier alpha value is -2.56. The quantitative estimate of drug-likeness (QED) is 0.852. The lowest BCUT2D eigenvalue weighted by molar-refractivity contribution is -0.132. The number of amides is 1. The van der Waals surface area contributed by atoms with E-state index < -0.39 is 0 Å². The summed E-state index contributed by atoms with van der Waals surface area (Å²) in [6.07, 6.45) is 3.84. The first kappa shape index (κ1) is 15.3. The molecule has 0 unspecified atom stereocenters. The first-order valence-corrected chi connectivity index (χ1v) is 7.70. The van der Waals surface area contributed by atoms with Crippen LogP contribution >= 0.6 is 0 Å². The molecule has 0 radical (unpaired) electrons. The van der Waals surface area contributed by atoms with Crippen LogP contribution in [-0.4, -0.2) is 28.6 Å². The number of fused-ring (bicyclic) bond motifs is 1. The zero-order chi connectivity index (χ0) is 16.2. The van der Waals surface area contributed by atoms with Crippen molar-refractivity contribution in [3.8, 4) is 11.5 Å². The minimum Gasteiger partial charge on any atom is -0.454 e. The Kier molecular flexibility index (Phi) is 4.46. The first-order chi connectivity index (χ1) is 11.1. The van der Waals surface area contributed by atoms with Crippen LogP contribution in [0.4, 0.5) is 0 Å². The molecule has 5 heteroatoms. The summed E-state index contributed by atoms with van der Waals surface area (Å²) in [5, 5.41) is 0. The summed E-state index contributed by atoms with van der Waals surface area (Å²) >= 11 is 0. The number of benzene rings is 1. The van der Waals surface area contributed by atoms with Gasteiger partial charge in [-0.05, 0) is 49.2 Å². The van der Waals surface area contributed by atoms with Crippen molar-refractivity contribution in [3.63, 3.8) is 0 Å². The van der Waals surface area contributed by atoms with E-state index in [1.807, 2.05) is 49.1 Å². The van der Waals surface area contributed by atoms with Gasteiger partial charge in [0, 0.05) is 25.0 Å². The SMILES string of the molecule is CC(C)N(Cc1ccncc1)C(=O)Cc1ccc2c(c1)OCO2. The summed E-state index contributed by atoms with van der Waals surface area (Å²) in [4.78, 5) is 18.6. The number of carbonyl (C=O) groups excluding carboxylic acids is 1. The van der Waals surface area contributed by atoms with E-state index in [0.29, 0.717) is 18.7 Å². The lowest BCUT2D eigenvalue weighted by Crippen LogP contribution is -2.37. The molecule has 0 saturated carbocycles. The molecule has 0 spiro atoms. The Balaban J connectivity index is 1.71. The van der Waals surface area contributed by atoms with Crippen molar-refractivity contribution >= 4 is 5.91 Å². The maximum atomic E-state index is 12.7. The second-order valence-electron chi connectivity index (χ2n) is 5.84. The van der Waals surface area contributed by atoms with Crippen molar-refractivity contribution in [2.24, 2.45) is 0 Å². The van der Waals surface area contributed by atoms with E-state index in [0.717, 1.165) is 16.9 Å². The standard InChI is InChI=1S/C18H20N2O3/c1-13(2)20(11-14-5-7-19-8-6-14)18(21)10-15-3-4-16-17(9-15)23-12-22-16/h3-9,13H,10-12H2,1-2H3. The lowest BCUT2D eigenvalue weighted by Gasteiger charge is -2.27. The number of aromatic nitrogens is 1. The number of nitrogens with zero attached hydrogens (tertiary/aromatic N) is 2. The summed E-state index contributed by atoms with van der Waals surface area (Å²) in [6, 6.07) is 9.64. The number of hydrogen-bond donors (Lipinski definition) is 0. The van der Waals surface area contributed by atoms with E-state index in [9.17, 15) is 4.79 Å². The molecule has 0 fully saturated rings. The van der Waals surface area contributed by atoms with Crippen LogP contribution in [0.1, 0.15) is 25.0 Å². The molecule has 1 aliphatic rings. The van der Waals surface area contributed by atoms with E-state index in [1.54, 1.807) is 12.4 Å². The number of pyridine rings is 1. The smallest absolute Gasteiger partial charge is 0.231 e. The van der Waals surface area contributed by atoms with Crippen molar-refractivity contribution in [2.45, 2.75) is 32.9 Å². The molecule has 0 bridgehead atoms. The van der Waals surface area contributed by atoms with Crippen molar-refractivity contribution in [3.05, 3.63) is 53.9 Å². The van der Waals surface area contributed by atoms with Gasteiger partial charge in [-0.25, -0.2) is 0 Å². The summed E-state index contributed by atoms with van der Waals surface area (Å²) in [5.74, 6) is 1.54. The molecule has 1 amide bonds. The van der Waals surface area contributed by atoms with E-state index in [4.69, 9.17) is 9.47 Å². The van der Waals surface area contributed by atoms with Gasteiger partial charge in [0.1, 0.15) is 0 Å². The molecular weight excluding hydrogens is 292 g/mol. The normalized spacial score (nSPS) is 12.5. The molecule has 2 aromatic rings. The molecule has 1 aromatic heterocycles. The second-order valence-corrected chi connectivity index (χ2v) is 5.84. The molecule has 0 N–H and O–H groups in total. The fraction of sp³-hybridized carbons (Fsp3) is 0.333. The van der Waals surface area contributed by atoms with E-state index >= 15 is 0 Å². The molecule has 0 aliphatic carbocycles. The Morgan fingerprint density at radius 3 is 2.61 bits per heavy atom. The minimum atomic E-state index is 0.0932. The van der Waals surface area contributed by atoms with Crippen molar-refractivity contribution in [1.82, 2.24) is 9.88 Å². The van der Waals surface area contributed by atoms with Gasteiger partial charge in [-0.3, -0.25) is 9.78 Å². The largest absolute Gasteiger partial charge is 0.454 e. The predicted molar refractivity (Wildman–Crippen MR) is 86.2 cm³/mol. The summed E-state index contributed by atoms with van der Waals surface area (Å²) in [7, 11) is 0. The van der Waals surface area contributed by atoms with Crippen LogP contribution in [0.2, 0.25) is 0 Å². The van der Waals surface area contributed by atoms with Crippen molar-refractivity contribution in [1.29, 1.82) is 0 Å². The maximum Gasteiger partial charge on any atom is 0.231 e. The molecule has 0 atom stereocenters. The average molecular weight is 312 g/mol. The summed E-state index contributed by atoms with van der Waals surface area (Å²) < 4.78 is 10.7. The number of carbonyl (C=O) groups is 1. The fourth-order valence-corrected chi connectivity index (χ4v) is 2.57.